The second kappa shape index (κ2) is 6.47. The first-order valence-electron chi connectivity index (χ1n) is 7.17. The number of nitrogens with zero attached hydrogens (tertiary/aromatic N) is 4. The van der Waals surface area contributed by atoms with Crippen molar-refractivity contribution in [2.75, 3.05) is 12.8 Å². The van der Waals surface area contributed by atoms with E-state index in [1.165, 1.54) is 17.4 Å². The van der Waals surface area contributed by atoms with Crippen LogP contribution in [0.5, 0.6) is 0 Å². The van der Waals surface area contributed by atoms with E-state index in [2.05, 4.69) is 15.0 Å². The minimum Gasteiger partial charge on any atom is -0.375 e. The summed E-state index contributed by atoms with van der Waals surface area (Å²) in [5, 5.41) is 4.80. The number of halogens is 1. The van der Waals surface area contributed by atoms with Gasteiger partial charge in [0.15, 0.2) is 5.13 Å². The first kappa shape index (κ1) is 15.6. The highest BCUT2D eigenvalue weighted by molar-refractivity contribution is 7.15. The van der Waals surface area contributed by atoms with Crippen LogP contribution in [0, 0.1) is 5.82 Å². The van der Waals surface area contributed by atoms with Crippen LogP contribution in [0.25, 0.3) is 0 Å². The van der Waals surface area contributed by atoms with Gasteiger partial charge in [0.2, 0.25) is 0 Å². The Labute approximate surface area is 138 Å². The van der Waals surface area contributed by atoms with Gasteiger partial charge in [-0.05, 0) is 24.7 Å². The van der Waals surface area contributed by atoms with E-state index in [9.17, 15) is 4.39 Å². The number of rotatable bonds is 5. The van der Waals surface area contributed by atoms with Crippen LogP contribution in [-0.2, 0) is 13.6 Å². The fraction of sp³-hybridized carbons (Fsp3) is 0.250. The Balaban J connectivity index is 1.94. The average molecular weight is 331 g/mol. The number of hydrogen-bond donors (Lipinski definition) is 1. The predicted molar refractivity (Wildman–Crippen MR) is 89.4 cm³/mol. The molecule has 3 aromatic rings. The van der Waals surface area contributed by atoms with Crippen LogP contribution in [0.2, 0.25) is 0 Å². The van der Waals surface area contributed by atoms with Crippen LogP contribution in [0.1, 0.15) is 22.0 Å². The number of nitrogens with two attached hydrogens (primary N) is 1. The third kappa shape index (κ3) is 3.57. The Morgan fingerprint density at radius 3 is 2.78 bits per heavy atom. The Morgan fingerprint density at radius 2 is 2.17 bits per heavy atom. The van der Waals surface area contributed by atoms with Crippen molar-refractivity contribution in [3.63, 3.8) is 0 Å². The molecule has 1 atom stereocenters. The van der Waals surface area contributed by atoms with Gasteiger partial charge in [-0.1, -0.05) is 12.1 Å². The minimum absolute atomic E-state index is 0.0947. The van der Waals surface area contributed by atoms with Gasteiger partial charge >= 0.3 is 0 Å². The van der Waals surface area contributed by atoms with Crippen LogP contribution in [0.15, 0.2) is 42.9 Å². The number of benzene rings is 1. The third-order valence-electron chi connectivity index (χ3n) is 3.62. The molecule has 1 unspecified atom stereocenters. The standard InChI is InChI=1S/C16H18FN5S/c1-21(10-14-8-19-16(18)23-14)15(12-7-20-22(2)9-12)11-4-3-5-13(17)6-11/h3-9,15H,10H2,1-2H3,(H2,18,19). The van der Waals surface area contributed by atoms with Crippen molar-refractivity contribution in [1.82, 2.24) is 19.7 Å². The van der Waals surface area contributed by atoms with Crippen LogP contribution in [0.3, 0.4) is 0 Å². The topological polar surface area (TPSA) is 60.0 Å². The lowest BCUT2D eigenvalue weighted by Crippen LogP contribution is -2.24. The number of aromatic nitrogens is 3. The van der Waals surface area contributed by atoms with Gasteiger partial charge in [-0.15, -0.1) is 11.3 Å². The van der Waals surface area contributed by atoms with Crippen molar-refractivity contribution < 1.29 is 4.39 Å². The quantitative estimate of drug-likeness (QED) is 0.781. The molecule has 23 heavy (non-hydrogen) atoms. The fourth-order valence-electron chi connectivity index (χ4n) is 2.69. The van der Waals surface area contributed by atoms with E-state index < -0.39 is 0 Å². The summed E-state index contributed by atoms with van der Waals surface area (Å²) in [6.07, 6.45) is 5.54. The first-order valence-corrected chi connectivity index (χ1v) is 7.99. The molecule has 0 aliphatic carbocycles. The van der Waals surface area contributed by atoms with Gasteiger partial charge in [-0.25, -0.2) is 9.37 Å². The number of hydrogen-bond acceptors (Lipinski definition) is 5. The molecule has 2 heterocycles. The zero-order chi connectivity index (χ0) is 16.4. The van der Waals surface area contributed by atoms with E-state index in [0.717, 1.165) is 16.0 Å². The van der Waals surface area contributed by atoms with Gasteiger partial charge in [0.25, 0.3) is 0 Å². The lowest BCUT2D eigenvalue weighted by molar-refractivity contribution is 0.272. The molecule has 0 spiro atoms. The van der Waals surface area contributed by atoms with Crippen LogP contribution >= 0.6 is 11.3 Å². The highest BCUT2D eigenvalue weighted by Crippen LogP contribution is 2.30. The average Bonchev–Trinajstić information content (AvgIpc) is 3.08. The summed E-state index contributed by atoms with van der Waals surface area (Å²) < 4.78 is 15.4. The molecule has 120 valence electrons. The maximum atomic E-state index is 13.7. The Morgan fingerprint density at radius 1 is 1.35 bits per heavy atom. The van der Waals surface area contributed by atoms with Crippen molar-refractivity contribution in [2.45, 2.75) is 12.6 Å². The molecule has 0 aliphatic heterocycles. The largest absolute Gasteiger partial charge is 0.375 e. The van der Waals surface area contributed by atoms with Crippen molar-refractivity contribution in [2.24, 2.45) is 7.05 Å². The second-order valence-corrected chi connectivity index (χ2v) is 6.63. The van der Waals surface area contributed by atoms with E-state index in [1.54, 1.807) is 23.0 Å². The normalized spacial score (nSPS) is 12.7. The summed E-state index contributed by atoms with van der Waals surface area (Å²) in [5.41, 5.74) is 7.60. The van der Waals surface area contributed by atoms with E-state index >= 15 is 0 Å². The van der Waals surface area contributed by atoms with Crippen LogP contribution in [-0.4, -0.2) is 26.7 Å². The van der Waals surface area contributed by atoms with Crippen LogP contribution < -0.4 is 5.73 Å². The molecule has 0 saturated heterocycles. The Bertz CT molecular complexity index is 797. The van der Waals surface area contributed by atoms with Crippen molar-refractivity contribution in [1.29, 1.82) is 0 Å². The van der Waals surface area contributed by atoms with Gasteiger partial charge in [-0.3, -0.25) is 9.58 Å². The van der Waals surface area contributed by atoms with Crippen molar-refractivity contribution in [3.05, 3.63) is 64.7 Å². The number of nitrogen functional groups attached to an aromatic ring is 1. The summed E-state index contributed by atoms with van der Waals surface area (Å²) >= 11 is 1.46. The number of anilines is 1. The zero-order valence-electron chi connectivity index (χ0n) is 13.0. The molecular formula is C16H18FN5S. The molecule has 1 aromatic carbocycles. The van der Waals surface area contributed by atoms with E-state index in [-0.39, 0.29) is 11.9 Å². The first-order chi connectivity index (χ1) is 11.0. The lowest BCUT2D eigenvalue weighted by Gasteiger charge is -2.27. The number of thiazole rings is 1. The van der Waals surface area contributed by atoms with E-state index in [0.29, 0.717) is 11.7 Å². The molecule has 0 amide bonds. The number of aryl methyl sites for hydroxylation is 1. The molecule has 0 saturated carbocycles. The Kier molecular flexibility index (Phi) is 4.40. The molecular weight excluding hydrogens is 313 g/mol. The summed E-state index contributed by atoms with van der Waals surface area (Å²) in [6, 6.07) is 6.58. The van der Waals surface area contributed by atoms with Gasteiger partial charge < -0.3 is 5.73 Å². The molecule has 7 heteroatoms. The molecule has 0 fully saturated rings. The monoisotopic (exact) mass is 331 g/mol. The Hall–Kier alpha value is -2.25. The van der Waals surface area contributed by atoms with Crippen molar-refractivity contribution in [3.8, 4) is 0 Å². The van der Waals surface area contributed by atoms with Crippen molar-refractivity contribution >= 4 is 16.5 Å². The van der Waals surface area contributed by atoms with Gasteiger partial charge in [0, 0.05) is 36.4 Å². The molecule has 0 radical (unpaired) electrons. The second-order valence-electron chi connectivity index (χ2n) is 5.48. The SMILES string of the molecule is CN(Cc1cnc(N)s1)C(c1cccc(F)c1)c1cnn(C)c1. The highest BCUT2D eigenvalue weighted by atomic mass is 32.1. The third-order valence-corrected chi connectivity index (χ3v) is 4.43. The van der Waals surface area contributed by atoms with Crippen LogP contribution in [0.4, 0.5) is 9.52 Å². The summed E-state index contributed by atoms with van der Waals surface area (Å²) in [5.74, 6) is -0.244. The van der Waals surface area contributed by atoms with E-state index in [1.807, 2.05) is 32.6 Å². The predicted octanol–water partition coefficient (Wildman–Crippen LogP) is 2.82. The fourth-order valence-corrected chi connectivity index (χ4v) is 3.44. The van der Waals surface area contributed by atoms with Gasteiger partial charge in [0.05, 0.1) is 12.2 Å². The molecule has 0 bridgehead atoms. The summed E-state index contributed by atoms with van der Waals surface area (Å²) in [7, 11) is 3.87. The maximum Gasteiger partial charge on any atom is 0.180 e. The molecule has 0 aliphatic rings. The molecule has 5 nitrogen and oxygen atoms in total. The highest BCUT2D eigenvalue weighted by Gasteiger charge is 2.22. The lowest BCUT2D eigenvalue weighted by atomic mass is 10.00. The zero-order valence-corrected chi connectivity index (χ0v) is 13.8. The summed E-state index contributed by atoms with van der Waals surface area (Å²) in [4.78, 5) is 7.29. The maximum absolute atomic E-state index is 13.7. The molecule has 2 aromatic heterocycles. The summed E-state index contributed by atoms with van der Waals surface area (Å²) in [6.45, 7) is 0.672. The van der Waals surface area contributed by atoms with Gasteiger partial charge in [0.1, 0.15) is 5.82 Å². The smallest absolute Gasteiger partial charge is 0.180 e. The minimum atomic E-state index is -0.244. The molecule has 3 rings (SSSR count). The molecule has 2 N–H and O–H groups in total. The van der Waals surface area contributed by atoms with Gasteiger partial charge in [-0.2, -0.15) is 5.10 Å². The van der Waals surface area contributed by atoms with E-state index in [4.69, 9.17) is 5.73 Å².